The summed E-state index contributed by atoms with van der Waals surface area (Å²) in [4.78, 5) is 20.7. The Morgan fingerprint density at radius 2 is 1.72 bits per heavy atom. The summed E-state index contributed by atoms with van der Waals surface area (Å²) in [6, 6.07) is 13.2. The van der Waals surface area contributed by atoms with Crippen LogP contribution in [0.3, 0.4) is 0 Å². The van der Waals surface area contributed by atoms with Crippen LogP contribution < -0.4 is 5.43 Å². The second-order valence-electron chi connectivity index (χ2n) is 6.16. The molecule has 0 fully saturated rings. The van der Waals surface area contributed by atoms with E-state index in [-0.39, 0.29) is 11.4 Å². The van der Waals surface area contributed by atoms with Gasteiger partial charge in [0.2, 0.25) is 0 Å². The molecule has 0 aliphatic heterocycles. The van der Waals surface area contributed by atoms with Crippen LogP contribution in [-0.2, 0) is 0 Å². The Morgan fingerprint density at radius 3 is 2.34 bits per heavy atom. The Bertz CT molecular complexity index is 1130. The fourth-order valence-corrected chi connectivity index (χ4v) is 3.55. The predicted molar refractivity (Wildman–Crippen MR) is 114 cm³/mol. The molecule has 1 aromatic heterocycles. The molecule has 0 atom stereocenters. The minimum absolute atomic E-state index is 0.0600. The average molecular weight is 458 g/mol. The lowest BCUT2D eigenvalue weighted by Gasteiger charge is -2.08. The zero-order chi connectivity index (χ0) is 21.1. The molecule has 0 saturated carbocycles. The minimum atomic E-state index is -0.692. The largest absolute Gasteiger partial charge is 0.317 e. The number of hydrazone groups is 1. The van der Waals surface area contributed by atoms with Crippen LogP contribution in [0.4, 0.5) is 17.1 Å². The van der Waals surface area contributed by atoms with Crippen molar-refractivity contribution in [3.8, 4) is 5.69 Å². The number of hydrogen-bond acceptors (Lipinski definition) is 6. The first-order valence-corrected chi connectivity index (χ1v) is 9.25. The van der Waals surface area contributed by atoms with Crippen molar-refractivity contribution >= 4 is 39.2 Å². The van der Waals surface area contributed by atoms with E-state index in [1.54, 1.807) is 6.21 Å². The van der Waals surface area contributed by atoms with Crippen LogP contribution in [-0.4, -0.2) is 20.6 Å². The molecule has 3 aromatic rings. The quantitative estimate of drug-likeness (QED) is 0.313. The van der Waals surface area contributed by atoms with Crippen molar-refractivity contribution in [2.45, 2.75) is 13.8 Å². The van der Waals surface area contributed by atoms with Crippen LogP contribution in [0.5, 0.6) is 0 Å². The number of non-ortho nitro benzene ring substituents is 1. The second-order valence-corrected chi connectivity index (χ2v) is 6.95. The lowest BCUT2D eigenvalue weighted by atomic mass is 10.2. The molecule has 0 bridgehead atoms. The third kappa shape index (κ3) is 4.02. The van der Waals surface area contributed by atoms with Gasteiger partial charge >= 0.3 is 5.69 Å². The highest BCUT2D eigenvalue weighted by molar-refractivity contribution is 9.10. The molecule has 2 aromatic carbocycles. The van der Waals surface area contributed by atoms with Crippen LogP contribution in [0.25, 0.3) is 5.69 Å². The van der Waals surface area contributed by atoms with E-state index in [2.05, 4.69) is 31.0 Å². The molecular weight excluding hydrogens is 442 g/mol. The number of benzene rings is 2. The molecule has 3 rings (SSSR count). The highest BCUT2D eigenvalue weighted by Gasteiger charge is 2.19. The second kappa shape index (κ2) is 8.23. The van der Waals surface area contributed by atoms with Crippen molar-refractivity contribution in [3.05, 3.63) is 90.2 Å². The Kier molecular flexibility index (Phi) is 5.74. The molecule has 29 heavy (non-hydrogen) atoms. The van der Waals surface area contributed by atoms with E-state index in [9.17, 15) is 20.2 Å². The summed E-state index contributed by atoms with van der Waals surface area (Å²) < 4.78 is 2.92. The van der Waals surface area contributed by atoms with E-state index >= 15 is 0 Å². The standard InChI is InChI=1S/C19H16BrN5O4/c1-12-16(19(20)13(2)23(12)14-6-4-3-5-7-14)11-21-22-17-9-8-15(24(26)27)10-18(17)25(28)29/h3-11,22H,1-2H3/b21-11-. The first-order valence-electron chi connectivity index (χ1n) is 8.46. The minimum Gasteiger partial charge on any atom is -0.317 e. The zero-order valence-corrected chi connectivity index (χ0v) is 17.1. The number of nitrogens with zero attached hydrogens (tertiary/aromatic N) is 4. The van der Waals surface area contributed by atoms with E-state index in [0.717, 1.165) is 33.2 Å². The summed E-state index contributed by atoms with van der Waals surface area (Å²) in [7, 11) is 0. The van der Waals surface area contributed by atoms with Gasteiger partial charge in [0.25, 0.3) is 5.69 Å². The maximum Gasteiger partial charge on any atom is 0.301 e. The van der Waals surface area contributed by atoms with E-state index in [0.29, 0.717) is 0 Å². The van der Waals surface area contributed by atoms with Gasteiger partial charge in [0.05, 0.1) is 22.1 Å². The van der Waals surface area contributed by atoms with E-state index in [4.69, 9.17) is 0 Å². The Hall–Kier alpha value is -3.53. The van der Waals surface area contributed by atoms with Crippen molar-refractivity contribution in [1.82, 2.24) is 4.57 Å². The molecule has 0 aliphatic rings. The number of para-hydroxylation sites is 1. The fraction of sp³-hybridized carbons (Fsp3) is 0.105. The number of rotatable bonds is 6. The van der Waals surface area contributed by atoms with Gasteiger partial charge in [-0.2, -0.15) is 5.10 Å². The van der Waals surface area contributed by atoms with Gasteiger partial charge in [-0.15, -0.1) is 0 Å². The van der Waals surface area contributed by atoms with E-state index in [1.165, 1.54) is 12.1 Å². The van der Waals surface area contributed by atoms with Gasteiger partial charge in [0.15, 0.2) is 0 Å². The summed E-state index contributed by atoms with van der Waals surface area (Å²) in [5.41, 5.74) is 5.61. The Morgan fingerprint density at radius 1 is 1.03 bits per heavy atom. The molecule has 0 spiro atoms. The van der Waals surface area contributed by atoms with Gasteiger partial charge in [0.1, 0.15) is 5.69 Å². The van der Waals surface area contributed by atoms with Gasteiger partial charge in [-0.1, -0.05) is 18.2 Å². The third-order valence-corrected chi connectivity index (χ3v) is 5.40. The number of nitro benzene ring substituents is 2. The smallest absolute Gasteiger partial charge is 0.301 e. The van der Waals surface area contributed by atoms with Crippen LogP contribution in [0.1, 0.15) is 17.0 Å². The molecule has 10 heteroatoms. The molecule has 148 valence electrons. The number of aromatic nitrogens is 1. The predicted octanol–water partition coefficient (Wildman–Crippen LogP) is 5.12. The molecule has 0 radical (unpaired) electrons. The topological polar surface area (TPSA) is 116 Å². The average Bonchev–Trinajstić information content (AvgIpc) is 2.91. The molecule has 9 nitrogen and oxygen atoms in total. The summed E-state index contributed by atoms with van der Waals surface area (Å²) in [6.07, 6.45) is 1.55. The highest BCUT2D eigenvalue weighted by Crippen LogP contribution is 2.31. The number of halogens is 1. The van der Waals surface area contributed by atoms with Gasteiger partial charge in [-0.05, 0) is 48.0 Å². The summed E-state index contributed by atoms with van der Waals surface area (Å²) in [5, 5.41) is 26.2. The van der Waals surface area contributed by atoms with Gasteiger partial charge in [-0.25, -0.2) is 0 Å². The maximum absolute atomic E-state index is 11.2. The van der Waals surface area contributed by atoms with Crippen molar-refractivity contribution in [2.24, 2.45) is 5.10 Å². The molecule has 0 aliphatic carbocycles. The zero-order valence-electron chi connectivity index (χ0n) is 15.5. The van der Waals surface area contributed by atoms with Crippen LogP contribution in [0.2, 0.25) is 0 Å². The summed E-state index contributed by atoms with van der Waals surface area (Å²) >= 11 is 3.58. The normalized spacial score (nSPS) is 11.0. The summed E-state index contributed by atoms with van der Waals surface area (Å²) in [5.74, 6) is 0. The van der Waals surface area contributed by atoms with Crippen LogP contribution >= 0.6 is 15.9 Å². The third-order valence-electron chi connectivity index (χ3n) is 4.40. The lowest BCUT2D eigenvalue weighted by molar-refractivity contribution is -0.393. The van der Waals surface area contributed by atoms with Crippen molar-refractivity contribution < 1.29 is 9.85 Å². The molecule has 0 saturated heterocycles. The van der Waals surface area contributed by atoms with E-state index in [1.807, 2.05) is 44.2 Å². The van der Waals surface area contributed by atoms with Crippen LogP contribution in [0.15, 0.2) is 58.1 Å². The number of nitro groups is 2. The molecule has 1 heterocycles. The molecule has 0 amide bonds. The monoisotopic (exact) mass is 457 g/mol. The number of nitrogens with one attached hydrogen (secondary N) is 1. The lowest BCUT2D eigenvalue weighted by Crippen LogP contribution is -2.00. The molecular formula is C19H16BrN5O4. The van der Waals surface area contributed by atoms with Crippen molar-refractivity contribution in [2.75, 3.05) is 5.43 Å². The Labute approximate surface area is 174 Å². The van der Waals surface area contributed by atoms with Gasteiger partial charge in [0, 0.05) is 33.2 Å². The Balaban J connectivity index is 1.92. The SMILES string of the molecule is Cc1c(Br)c(/C=N\Nc2ccc([N+](=O)[O-])cc2[N+](=O)[O-])c(C)n1-c1ccccc1. The first kappa shape index (κ1) is 20.2. The number of hydrogen-bond donors (Lipinski definition) is 1. The van der Waals surface area contributed by atoms with Crippen LogP contribution in [0, 0.1) is 34.1 Å². The number of anilines is 1. The fourth-order valence-electron chi connectivity index (χ4n) is 2.98. The van der Waals surface area contributed by atoms with E-state index < -0.39 is 15.5 Å². The highest BCUT2D eigenvalue weighted by atomic mass is 79.9. The van der Waals surface area contributed by atoms with Crippen molar-refractivity contribution in [3.63, 3.8) is 0 Å². The van der Waals surface area contributed by atoms with Gasteiger partial charge < -0.3 is 4.57 Å². The van der Waals surface area contributed by atoms with Crippen molar-refractivity contribution in [1.29, 1.82) is 0 Å². The maximum atomic E-state index is 11.2. The summed E-state index contributed by atoms with van der Waals surface area (Å²) in [6.45, 7) is 3.91. The van der Waals surface area contributed by atoms with Gasteiger partial charge in [-0.3, -0.25) is 25.7 Å². The molecule has 0 unspecified atom stereocenters. The molecule has 1 N–H and O–H groups in total. The first-order chi connectivity index (χ1) is 13.8.